The summed E-state index contributed by atoms with van der Waals surface area (Å²) in [5.74, 6) is 6.21. The van der Waals surface area contributed by atoms with Crippen LogP contribution in [-0.2, 0) is 15.9 Å². The van der Waals surface area contributed by atoms with Crippen LogP contribution >= 0.6 is 21.6 Å². The largest absolute Gasteiger partial charge is 0.492 e. The molecule has 0 heterocycles. The van der Waals surface area contributed by atoms with Crippen molar-refractivity contribution < 1.29 is 53.7 Å². The molecule has 61 heavy (non-hydrogen) atoms. The number of hydrogen-bond donors (Lipinski definition) is 1. The van der Waals surface area contributed by atoms with Crippen molar-refractivity contribution in [3.63, 3.8) is 0 Å². The lowest BCUT2D eigenvalue weighted by atomic mass is 9.55. The van der Waals surface area contributed by atoms with Crippen molar-refractivity contribution in [3.05, 3.63) is 29.3 Å². The maximum atomic E-state index is 13.2. The highest BCUT2D eigenvalue weighted by molar-refractivity contribution is 8.76. The number of alkyl halides is 9. The van der Waals surface area contributed by atoms with Gasteiger partial charge in [0.2, 0.25) is 0 Å². The van der Waals surface area contributed by atoms with Crippen molar-refractivity contribution in [2.45, 2.75) is 179 Å². The topological polar surface area (TPSA) is 39.7 Å². The van der Waals surface area contributed by atoms with Gasteiger partial charge in [-0.15, -0.1) is 0 Å². The summed E-state index contributed by atoms with van der Waals surface area (Å²) in [6, 6.07) is 6.41. The average Bonchev–Trinajstić information content (AvgIpc) is 3.52. The third kappa shape index (κ3) is 14.5. The Kier molecular flexibility index (Phi) is 21.1. The van der Waals surface area contributed by atoms with Crippen LogP contribution in [0.1, 0.15) is 154 Å². The van der Waals surface area contributed by atoms with Crippen LogP contribution in [0, 0.1) is 29.1 Å². The summed E-state index contributed by atoms with van der Waals surface area (Å²) in [6.45, 7) is 9.80. The van der Waals surface area contributed by atoms with Gasteiger partial charge in [0.05, 0.1) is 12.7 Å². The van der Waals surface area contributed by atoms with Crippen molar-refractivity contribution in [2.75, 3.05) is 44.4 Å². The minimum absolute atomic E-state index is 0.244. The monoisotopic (exact) mass is 921 g/mol. The molecule has 0 radical (unpaired) electrons. The summed E-state index contributed by atoms with van der Waals surface area (Å²) in [5.41, 5.74) is -3.85. The van der Waals surface area contributed by atoms with Crippen LogP contribution in [0.15, 0.2) is 18.2 Å². The molecule has 6 atom stereocenters. The molecular weight excluding hydrogens is 850 g/mol. The van der Waals surface area contributed by atoms with Crippen LogP contribution < -0.4 is 10.1 Å². The molecule has 354 valence electrons. The van der Waals surface area contributed by atoms with Crippen LogP contribution in [-0.4, -0.2) is 74.6 Å². The second-order valence-corrected chi connectivity index (χ2v) is 21.1. The Balaban J connectivity index is 1.05. The third-order valence-electron chi connectivity index (χ3n) is 13.7. The van der Waals surface area contributed by atoms with E-state index in [0.717, 1.165) is 62.8 Å². The van der Waals surface area contributed by atoms with E-state index in [9.17, 15) is 39.5 Å². The molecule has 0 saturated heterocycles. The van der Waals surface area contributed by atoms with E-state index in [-0.39, 0.29) is 18.1 Å². The number of unbranched alkanes of at least 4 members (excludes halogenated alkanes) is 6. The molecule has 0 bridgehead atoms. The summed E-state index contributed by atoms with van der Waals surface area (Å²) in [6.07, 6.45) is -1.30. The fraction of sp³-hybridized carbons (Fsp3) is 0.870. The SMILES string of the molecule is CCC(CCCCCCSSCCCCCCNCCOc1ccc2c(c1)CCC1C2CCC2(C)C(OCCCOC(C(F)(F)F)(C(F)(F)F)C(F)(F)F)CCC12)CC(C)C. The minimum atomic E-state index is -6.73. The molecule has 0 amide bonds. The second-order valence-electron chi connectivity index (χ2n) is 18.4. The van der Waals surface area contributed by atoms with Crippen molar-refractivity contribution in [1.29, 1.82) is 0 Å². The van der Waals surface area contributed by atoms with Gasteiger partial charge in [-0.2, -0.15) is 39.5 Å². The molecule has 0 spiro atoms. The minimum Gasteiger partial charge on any atom is -0.492 e. The van der Waals surface area contributed by atoms with Crippen molar-refractivity contribution in [2.24, 2.45) is 29.1 Å². The smallest absolute Gasteiger partial charge is 0.435 e. The van der Waals surface area contributed by atoms with Crippen LogP contribution in [0.5, 0.6) is 5.75 Å². The van der Waals surface area contributed by atoms with E-state index in [2.05, 4.69) is 55.9 Å². The summed E-state index contributed by atoms with van der Waals surface area (Å²) in [5, 5.41) is 3.51. The van der Waals surface area contributed by atoms with E-state index in [0.29, 0.717) is 30.8 Å². The molecule has 4 rings (SSSR count). The van der Waals surface area contributed by atoms with Gasteiger partial charge >= 0.3 is 24.1 Å². The molecule has 2 saturated carbocycles. The van der Waals surface area contributed by atoms with Gasteiger partial charge in [0.15, 0.2) is 0 Å². The molecule has 1 N–H and O–H groups in total. The van der Waals surface area contributed by atoms with E-state index < -0.39 is 37.2 Å². The standard InChI is InChI=1S/C46H72F9NO3S2/c1-5-34(31-33(2)3)15-10-6-8-12-29-60-61-30-13-9-7-11-24-56-25-28-57-36-17-19-37-35(32-36)16-18-39-38(37)22-23-42(4)40(39)20-21-41(42)58-26-14-27-59-43(44(47,48)49,45(50,51)52)46(53,54)55/h17,19,32-34,38-41,56H,5-16,18,20-31H2,1-4H3. The molecule has 2 fully saturated rings. The summed E-state index contributed by atoms with van der Waals surface area (Å²) in [7, 11) is 4.08. The zero-order valence-corrected chi connectivity index (χ0v) is 38.4. The van der Waals surface area contributed by atoms with Crippen LogP contribution in [0.3, 0.4) is 0 Å². The Morgan fingerprint density at radius 3 is 2.05 bits per heavy atom. The molecule has 1 aromatic rings. The first kappa shape index (κ1) is 52.6. The van der Waals surface area contributed by atoms with E-state index in [1.807, 2.05) is 21.6 Å². The number of benzene rings is 1. The van der Waals surface area contributed by atoms with E-state index in [4.69, 9.17) is 9.47 Å². The predicted molar refractivity (Wildman–Crippen MR) is 230 cm³/mol. The van der Waals surface area contributed by atoms with Gasteiger partial charge < -0.3 is 19.5 Å². The van der Waals surface area contributed by atoms with Gasteiger partial charge in [-0.3, -0.25) is 0 Å². The zero-order chi connectivity index (χ0) is 44.7. The Morgan fingerprint density at radius 2 is 1.41 bits per heavy atom. The highest BCUT2D eigenvalue weighted by Gasteiger charge is 2.85. The van der Waals surface area contributed by atoms with Crippen LogP contribution in [0.4, 0.5) is 39.5 Å². The molecule has 1 aromatic carbocycles. The number of fused-ring (bicyclic) bond motifs is 5. The Hall–Kier alpha value is -1.03. The Bertz CT molecular complexity index is 1380. The van der Waals surface area contributed by atoms with Crippen molar-refractivity contribution in [1.82, 2.24) is 5.32 Å². The van der Waals surface area contributed by atoms with Gasteiger partial charge in [0, 0.05) is 24.7 Å². The number of hydrogen-bond acceptors (Lipinski definition) is 6. The van der Waals surface area contributed by atoms with Gasteiger partial charge in [-0.1, -0.05) is 100 Å². The Labute approximate surface area is 367 Å². The molecule has 3 aliphatic carbocycles. The van der Waals surface area contributed by atoms with E-state index in [1.54, 1.807) is 0 Å². The molecule has 4 nitrogen and oxygen atoms in total. The van der Waals surface area contributed by atoms with Gasteiger partial charge in [-0.05, 0) is 135 Å². The van der Waals surface area contributed by atoms with Crippen LogP contribution in [0.2, 0.25) is 0 Å². The fourth-order valence-electron chi connectivity index (χ4n) is 10.5. The molecule has 3 aliphatic rings. The number of halogens is 9. The van der Waals surface area contributed by atoms with Crippen molar-refractivity contribution >= 4 is 21.6 Å². The first-order valence-corrected chi connectivity index (χ1v) is 25.5. The molecule has 15 heteroatoms. The molecule has 6 unspecified atom stereocenters. The first-order valence-electron chi connectivity index (χ1n) is 23.0. The van der Waals surface area contributed by atoms with Gasteiger partial charge in [-0.25, -0.2) is 0 Å². The van der Waals surface area contributed by atoms with Crippen molar-refractivity contribution in [3.8, 4) is 5.75 Å². The number of rotatable bonds is 28. The lowest BCUT2D eigenvalue weighted by Gasteiger charge is -2.50. The normalized spacial score (nSPS) is 23.8. The predicted octanol–water partition coefficient (Wildman–Crippen LogP) is 14.7. The molecular formula is C46H72F9NO3S2. The first-order chi connectivity index (χ1) is 28.9. The third-order valence-corrected chi connectivity index (χ3v) is 16.2. The summed E-state index contributed by atoms with van der Waals surface area (Å²) < 4.78 is 135. The molecule has 0 aliphatic heterocycles. The number of ether oxygens (including phenoxy) is 3. The second kappa shape index (κ2) is 24.5. The maximum Gasteiger partial charge on any atom is 0.435 e. The number of nitrogens with one attached hydrogen (secondary N) is 1. The highest BCUT2D eigenvalue weighted by atomic mass is 33.1. The van der Waals surface area contributed by atoms with Gasteiger partial charge in [0.1, 0.15) is 12.4 Å². The lowest BCUT2D eigenvalue weighted by Crippen LogP contribution is -2.67. The van der Waals surface area contributed by atoms with E-state index >= 15 is 0 Å². The average molecular weight is 922 g/mol. The fourth-order valence-corrected chi connectivity index (χ4v) is 12.8. The maximum absolute atomic E-state index is 13.2. The van der Waals surface area contributed by atoms with E-state index in [1.165, 1.54) is 93.3 Å². The van der Waals surface area contributed by atoms with Gasteiger partial charge in [0.25, 0.3) is 0 Å². The van der Waals surface area contributed by atoms with Crippen LogP contribution in [0.25, 0.3) is 0 Å². The summed E-state index contributed by atoms with van der Waals surface area (Å²) >= 11 is 0. The quantitative estimate of drug-likeness (QED) is 0.0513. The Morgan fingerprint density at radius 1 is 0.754 bits per heavy atom. The zero-order valence-electron chi connectivity index (χ0n) is 36.8. The number of aryl methyl sites for hydroxylation is 1. The highest BCUT2D eigenvalue weighted by Crippen LogP contribution is 2.62. The molecule has 0 aromatic heterocycles. The lowest BCUT2D eigenvalue weighted by molar-refractivity contribution is -0.457. The summed E-state index contributed by atoms with van der Waals surface area (Å²) in [4.78, 5) is 0.